The minimum Gasteiger partial charge on any atom is -0.343 e. The summed E-state index contributed by atoms with van der Waals surface area (Å²) in [6.45, 7) is 9.09. The maximum Gasteiger partial charge on any atom is 0.225 e. The second-order valence-corrected chi connectivity index (χ2v) is 5.13. The zero-order chi connectivity index (χ0) is 13.4. The third kappa shape index (κ3) is 4.94. The molecule has 2 saturated heterocycles. The number of amides is 1. The maximum absolute atomic E-state index is 11.9. The van der Waals surface area contributed by atoms with E-state index in [-0.39, 0.29) is 11.8 Å². The van der Waals surface area contributed by atoms with E-state index in [1.807, 2.05) is 13.8 Å². The normalized spacial score (nSPS) is 25.4. The van der Waals surface area contributed by atoms with Gasteiger partial charge < -0.3 is 10.2 Å². The predicted molar refractivity (Wildman–Crippen MR) is 75.4 cm³/mol. The number of nitrogens with zero attached hydrogens (tertiary/aromatic N) is 2. The average Bonchev–Trinajstić information content (AvgIpc) is 2.91. The molecule has 0 radical (unpaired) electrons. The zero-order valence-corrected chi connectivity index (χ0v) is 12.2. The minimum absolute atomic E-state index is 0.210. The number of carbonyl (C=O) groups excluding carboxylic acids is 1. The number of rotatable bonds is 3. The van der Waals surface area contributed by atoms with Crippen molar-refractivity contribution in [2.75, 3.05) is 39.9 Å². The molecule has 4 heteroatoms. The van der Waals surface area contributed by atoms with Gasteiger partial charge in [-0.2, -0.15) is 0 Å². The lowest BCUT2D eigenvalue weighted by molar-refractivity contribution is -0.127. The van der Waals surface area contributed by atoms with Crippen LogP contribution in [-0.2, 0) is 4.79 Å². The van der Waals surface area contributed by atoms with Crippen molar-refractivity contribution in [3.05, 3.63) is 0 Å². The molecule has 1 atom stereocenters. The van der Waals surface area contributed by atoms with E-state index in [0.29, 0.717) is 0 Å². The molecule has 2 fully saturated rings. The molecule has 0 aromatic carbocycles. The number of nitrogens with one attached hydrogen (secondary N) is 1. The highest BCUT2D eigenvalue weighted by atomic mass is 16.2. The Labute approximate surface area is 112 Å². The smallest absolute Gasteiger partial charge is 0.225 e. The van der Waals surface area contributed by atoms with Crippen LogP contribution in [-0.4, -0.2) is 55.6 Å². The largest absolute Gasteiger partial charge is 0.343 e. The second-order valence-electron chi connectivity index (χ2n) is 5.13. The van der Waals surface area contributed by atoms with Crippen LogP contribution in [0.1, 0.15) is 39.5 Å². The van der Waals surface area contributed by atoms with Crippen LogP contribution in [0.4, 0.5) is 0 Å². The summed E-state index contributed by atoms with van der Waals surface area (Å²) in [5.74, 6) is 0.458. The lowest BCUT2D eigenvalue weighted by atomic mass is 9.98. The average molecular weight is 255 g/mol. The van der Waals surface area contributed by atoms with Crippen molar-refractivity contribution in [3.63, 3.8) is 0 Å². The van der Waals surface area contributed by atoms with Crippen LogP contribution in [0.2, 0.25) is 0 Å². The molecule has 2 rings (SSSR count). The lowest BCUT2D eigenvalue weighted by Gasteiger charge is -2.29. The summed E-state index contributed by atoms with van der Waals surface area (Å²) >= 11 is 0. The van der Waals surface area contributed by atoms with E-state index in [9.17, 15) is 4.79 Å². The van der Waals surface area contributed by atoms with Crippen LogP contribution in [0.15, 0.2) is 0 Å². The van der Waals surface area contributed by atoms with Crippen LogP contribution in [0.25, 0.3) is 0 Å². The van der Waals surface area contributed by atoms with E-state index in [0.717, 1.165) is 45.7 Å². The summed E-state index contributed by atoms with van der Waals surface area (Å²) in [4.78, 5) is 16.5. The van der Waals surface area contributed by atoms with E-state index < -0.39 is 0 Å². The van der Waals surface area contributed by atoms with Gasteiger partial charge in [0, 0.05) is 6.54 Å². The summed E-state index contributed by atoms with van der Waals surface area (Å²) in [6, 6.07) is 0. The molecule has 4 nitrogen and oxygen atoms in total. The third-order valence-electron chi connectivity index (χ3n) is 3.67. The number of carbonyl (C=O) groups is 1. The van der Waals surface area contributed by atoms with Crippen molar-refractivity contribution in [1.82, 2.24) is 15.1 Å². The number of hydrogen-bond donors (Lipinski definition) is 1. The van der Waals surface area contributed by atoms with Crippen molar-refractivity contribution in [2.45, 2.75) is 39.5 Å². The number of likely N-dealkylation sites (tertiary alicyclic amines) is 2. The topological polar surface area (TPSA) is 35.6 Å². The zero-order valence-electron chi connectivity index (χ0n) is 12.2. The van der Waals surface area contributed by atoms with Gasteiger partial charge in [-0.05, 0) is 52.4 Å². The Kier molecular flexibility index (Phi) is 7.28. The monoisotopic (exact) mass is 255 g/mol. The van der Waals surface area contributed by atoms with Gasteiger partial charge in [0.2, 0.25) is 5.91 Å². The molecule has 2 aliphatic heterocycles. The number of piperidine rings is 1. The Balaban J connectivity index is 0.000000771. The van der Waals surface area contributed by atoms with Crippen LogP contribution in [0, 0.1) is 5.92 Å². The summed E-state index contributed by atoms with van der Waals surface area (Å²) in [5.41, 5.74) is 0. The Morgan fingerprint density at radius 2 is 1.83 bits per heavy atom. The van der Waals surface area contributed by atoms with Crippen molar-refractivity contribution in [3.8, 4) is 0 Å². The molecule has 1 unspecified atom stereocenters. The summed E-state index contributed by atoms with van der Waals surface area (Å²) in [6.07, 6.45) is 4.76. The Morgan fingerprint density at radius 1 is 1.17 bits per heavy atom. The first-order valence-corrected chi connectivity index (χ1v) is 7.44. The maximum atomic E-state index is 11.9. The summed E-state index contributed by atoms with van der Waals surface area (Å²) < 4.78 is 0. The molecule has 2 heterocycles. The summed E-state index contributed by atoms with van der Waals surface area (Å²) in [7, 11) is 2.10. The molecule has 0 spiro atoms. The second kappa shape index (κ2) is 8.48. The van der Waals surface area contributed by atoms with E-state index in [1.165, 1.54) is 12.8 Å². The molecule has 0 bridgehead atoms. The predicted octanol–water partition coefficient (Wildman–Crippen LogP) is 1.52. The van der Waals surface area contributed by atoms with Crippen LogP contribution in [0.3, 0.4) is 0 Å². The SMILES string of the molecule is CC.CN1CCCC(C(=O)NCN2CCCC2)C1. The summed E-state index contributed by atoms with van der Waals surface area (Å²) in [5, 5.41) is 3.08. The first-order chi connectivity index (χ1) is 8.75. The molecular formula is C14H29N3O. The van der Waals surface area contributed by atoms with E-state index in [4.69, 9.17) is 0 Å². The molecule has 1 amide bonds. The van der Waals surface area contributed by atoms with Crippen molar-refractivity contribution in [1.29, 1.82) is 0 Å². The highest BCUT2D eigenvalue weighted by molar-refractivity contribution is 5.78. The quantitative estimate of drug-likeness (QED) is 0.830. The molecule has 106 valence electrons. The van der Waals surface area contributed by atoms with Gasteiger partial charge >= 0.3 is 0 Å². The fraction of sp³-hybridized carbons (Fsp3) is 0.929. The molecule has 0 aromatic rings. The Bertz CT molecular complexity index is 239. The van der Waals surface area contributed by atoms with Crippen molar-refractivity contribution < 1.29 is 4.79 Å². The third-order valence-corrected chi connectivity index (χ3v) is 3.67. The highest BCUT2D eigenvalue weighted by Crippen LogP contribution is 2.15. The molecule has 1 N–H and O–H groups in total. The Hall–Kier alpha value is -0.610. The molecule has 0 aliphatic carbocycles. The minimum atomic E-state index is 0.210. The van der Waals surface area contributed by atoms with Crippen LogP contribution < -0.4 is 5.32 Å². The van der Waals surface area contributed by atoms with Crippen molar-refractivity contribution in [2.24, 2.45) is 5.92 Å². The lowest BCUT2D eigenvalue weighted by Crippen LogP contribution is -2.44. The van der Waals surface area contributed by atoms with Gasteiger partial charge in [-0.3, -0.25) is 9.69 Å². The fourth-order valence-corrected chi connectivity index (χ4v) is 2.66. The van der Waals surface area contributed by atoms with Gasteiger partial charge in [0.05, 0.1) is 12.6 Å². The van der Waals surface area contributed by atoms with Gasteiger partial charge in [-0.25, -0.2) is 0 Å². The van der Waals surface area contributed by atoms with Gasteiger partial charge in [-0.1, -0.05) is 13.8 Å². The van der Waals surface area contributed by atoms with Gasteiger partial charge in [0.15, 0.2) is 0 Å². The van der Waals surface area contributed by atoms with Crippen molar-refractivity contribution >= 4 is 5.91 Å². The standard InChI is InChI=1S/C12H23N3O.C2H6/c1-14-6-4-5-11(9-14)12(16)13-10-15-7-2-3-8-15;1-2/h11H,2-10H2,1H3,(H,13,16);1-2H3. The van der Waals surface area contributed by atoms with Crippen LogP contribution >= 0.6 is 0 Å². The number of hydrogen-bond acceptors (Lipinski definition) is 3. The van der Waals surface area contributed by atoms with E-state index in [1.54, 1.807) is 0 Å². The first-order valence-electron chi connectivity index (χ1n) is 7.44. The molecule has 0 aromatic heterocycles. The fourth-order valence-electron chi connectivity index (χ4n) is 2.66. The van der Waals surface area contributed by atoms with Gasteiger partial charge in [-0.15, -0.1) is 0 Å². The highest BCUT2D eigenvalue weighted by Gasteiger charge is 2.24. The van der Waals surface area contributed by atoms with Gasteiger partial charge in [0.25, 0.3) is 0 Å². The molecule has 2 aliphatic rings. The van der Waals surface area contributed by atoms with Gasteiger partial charge in [0.1, 0.15) is 0 Å². The van der Waals surface area contributed by atoms with E-state index in [2.05, 4.69) is 22.2 Å². The van der Waals surface area contributed by atoms with E-state index >= 15 is 0 Å². The van der Waals surface area contributed by atoms with Crippen LogP contribution in [0.5, 0.6) is 0 Å². The Morgan fingerprint density at radius 3 is 2.44 bits per heavy atom. The first kappa shape index (κ1) is 15.4. The molecular weight excluding hydrogens is 226 g/mol. The molecule has 18 heavy (non-hydrogen) atoms. The molecule has 0 saturated carbocycles.